The Labute approximate surface area is 102 Å². The highest BCUT2D eigenvalue weighted by atomic mass is 19.4. The Balaban J connectivity index is 2.62. The number of halogens is 3. The Hall–Kier alpha value is -1.76. The third-order valence-electron chi connectivity index (χ3n) is 1.96. The molecule has 0 aliphatic heterocycles. The van der Waals surface area contributed by atoms with Gasteiger partial charge < -0.3 is 15.8 Å². The SMILES string of the molecule is NCCCC(=O)Nc1cccc(OC(F)(F)F)c1. The number of benzene rings is 1. The van der Waals surface area contributed by atoms with Crippen molar-refractivity contribution in [1.82, 2.24) is 0 Å². The molecule has 0 aliphatic rings. The number of nitrogens with one attached hydrogen (secondary N) is 1. The first-order valence-corrected chi connectivity index (χ1v) is 5.26. The fourth-order valence-electron chi connectivity index (χ4n) is 1.26. The van der Waals surface area contributed by atoms with Crippen molar-refractivity contribution < 1.29 is 22.7 Å². The predicted molar refractivity (Wildman–Crippen MR) is 60.0 cm³/mol. The molecule has 0 radical (unpaired) electrons. The van der Waals surface area contributed by atoms with E-state index in [0.717, 1.165) is 12.1 Å². The lowest BCUT2D eigenvalue weighted by Gasteiger charge is -2.10. The zero-order chi connectivity index (χ0) is 13.6. The molecule has 0 unspecified atom stereocenters. The fourth-order valence-corrected chi connectivity index (χ4v) is 1.26. The number of nitrogens with two attached hydrogens (primary N) is 1. The second-order valence-corrected chi connectivity index (χ2v) is 3.52. The van der Waals surface area contributed by atoms with Gasteiger partial charge >= 0.3 is 6.36 Å². The second kappa shape index (κ2) is 6.25. The van der Waals surface area contributed by atoms with Crippen molar-refractivity contribution in [3.05, 3.63) is 24.3 Å². The monoisotopic (exact) mass is 262 g/mol. The molecule has 0 heterocycles. The van der Waals surface area contributed by atoms with E-state index in [0.29, 0.717) is 13.0 Å². The summed E-state index contributed by atoms with van der Waals surface area (Å²) in [6.45, 7) is 0.380. The Morgan fingerprint density at radius 2 is 2.11 bits per heavy atom. The van der Waals surface area contributed by atoms with E-state index in [-0.39, 0.29) is 23.8 Å². The topological polar surface area (TPSA) is 64.4 Å². The molecule has 0 saturated carbocycles. The summed E-state index contributed by atoms with van der Waals surface area (Å²) in [4.78, 5) is 11.3. The van der Waals surface area contributed by atoms with Crippen molar-refractivity contribution in [3.8, 4) is 5.75 Å². The minimum Gasteiger partial charge on any atom is -0.406 e. The molecule has 1 rings (SSSR count). The molecule has 4 nitrogen and oxygen atoms in total. The Morgan fingerprint density at radius 3 is 2.72 bits per heavy atom. The molecule has 0 bridgehead atoms. The first kappa shape index (κ1) is 14.3. The summed E-state index contributed by atoms with van der Waals surface area (Å²) < 4.78 is 39.7. The van der Waals surface area contributed by atoms with Crippen LogP contribution in [0.25, 0.3) is 0 Å². The largest absolute Gasteiger partial charge is 0.573 e. The summed E-state index contributed by atoms with van der Waals surface area (Å²) in [6, 6.07) is 5.10. The van der Waals surface area contributed by atoms with E-state index in [4.69, 9.17) is 5.73 Å². The summed E-state index contributed by atoms with van der Waals surface area (Å²) >= 11 is 0. The molecule has 0 spiro atoms. The number of amides is 1. The van der Waals surface area contributed by atoms with Crippen LogP contribution in [0.2, 0.25) is 0 Å². The second-order valence-electron chi connectivity index (χ2n) is 3.52. The lowest BCUT2D eigenvalue weighted by Crippen LogP contribution is -2.17. The molecule has 18 heavy (non-hydrogen) atoms. The van der Waals surface area contributed by atoms with E-state index >= 15 is 0 Å². The third kappa shape index (κ3) is 5.53. The van der Waals surface area contributed by atoms with Crippen LogP contribution in [0.3, 0.4) is 0 Å². The van der Waals surface area contributed by atoms with Crippen LogP contribution in [0.1, 0.15) is 12.8 Å². The van der Waals surface area contributed by atoms with E-state index in [1.54, 1.807) is 0 Å². The van der Waals surface area contributed by atoms with Gasteiger partial charge in [0, 0.05) is 18.2 Å². The average Bonchev–Trinajstić information content (AvgIpc) is 2.24. The highest BCUT2D eigenvalue weighted by Crippen LogP contribution is 2.25. The minimum atomic E-state index is -4.75. The van der Waals surface area contributed by atoms with E-state index in [1.807, 2.05) is 0 Å². The Bertz CT molecular complexity index is 408. The zero-order valence-corrected chi connectivity index (χ0v) is 9.46. The molecule has 1 amide bonds. The molecule has 100 valence electrons. The maximum absolute atomic E-state index is 12.0. The van der Waals surface area contributed by atoms with Gasteiger partial charge in [-0.05, 0) is 25.1 Å². The molecule has 0 fully saturated rings. The fraction of sp³-hybridized carbons (Fsp3) is 0.364. The van der Waals surface area contributed by atoms with Crippen molar-refractivity contribution in [2.75, 3.05) is 11.9 Å². The van der Waals surface area contributed by atoms with Crippen LogP contribution in [-0.4, -0.2) is 18.8 Å². The van der Waals surface area contributed by atoms with Gasteiger partial charge in [-0.3, -0.25) is 4.79 Å². The maximum Gasteiger partial charge on any atom is 0.573 e. The minimum absolute atomic E-state index is 0.223. The number of rotatable bonds is 5. The standard InChI is InChI=1S/C11H13F3N2O2/c12-11(13,14)18-9-4-1-3-8(7-9)16-10(17)5-2-6-15/h1,3-4,7H,2,5-6,15H2,(H,16,17). The van der Waals surface area contributed by atoms with Crippen LogP contribution in [0, 0.1) is 0 Å². The molecule has 0 atom stereocenters. The number of alkyl halides is 3. The molecule has 0 saturated heterocycles. The van der Waals surface area contributed by atoms with Crippen LogP contribution in [-0.2, 0) is 4.79 Å². The van der Waals surface area contributed by atoms with Gasteiger partial charge in [0.25, 0.3) is 0 Å². The van der Waals surface area contributed by atoms with Crippen molar-refractivity contribution in [2.24, 2.45) is 5.73 Å². The number of hydrogen-bond donors (Lipinski definition) is 2. The third-order valence-corrected chi connectivity index (χ3v) is 1.96. The average molecular weight is 262 g/mol. The molecule has 3 N–H and O–H groups in total. The quantitative estimate of drug-likeness (QED) is 0.855. The number of ether oxygens (including phenoxy) is 1. The van der Waals surface area contributed by atoms with Gasteiger partial charge in [0.2, 0.25) is 5.91 Å². The van der Waals surface area contributed by atoms with Crippen molar-refractivity contribution in [1.29, 1.82) is 0 Å². The van der Waals surface area contributed by atoms with Gasteiger partial charge in [0.05, 0.1) is 0 Å². The molecule has 7 heteroatoms. The van der Waals surface area contributed by atoms with E-state index in [1.165, 1.54) is 12.1 Å². The van der Waals surface area contributed by atoms with Crippen LogP contribution in [0.4, 0.5) is 18.9 Å². The van der Waals surface area contributed by atoms with E-state index in [2.05, 4.69) is 10.1 Å². The maximum atomic E-state index is 12.0. The molecule has 1 aromatic rings. The number of anilines is 1. The van der Waals surface area contributed by atoms with Crippen LogP contribution in [0.5, 0.6) is 5.75 Å². The van der Waals surface area contributed by atoms with Crippen molar-refractivity contribution >= 4 is 11.6 Å². The van der Waals surface area contributed by atoms with Gasteiger partial charge in [0.15, 0.2) is 0 Å². The van der Waals surface area contributed by atoms with Crippen LogP contribution < -0.4 is 15.8 Å². The Morgan fingerprint density at radius 1 is 1.39 bits per heavy atom. The summed E-state index contributed by atoms with van der Waals surface area (Å²) in [5.74, 6) is -0.677. The van der Waals surface area contributed by atoms with Gasteiger partial charge in [-0.25, -0.2) is 0 Å². The van der Waals surface area contributed by atoms with E-state index < -0.39 is 6.36 Å². The summed E-state index contributed by atoms with van der Waals surface area (Å²) in [6.07, 6.45) is -4.01. The normalized spacial score (nSPS) is 11.1. The molecule has 0 aromatic heterocycles. The van der Waals surface area contributed by atoms with Crippen molar-refractivity contribution in [3.63, 3.8) is 0 Å². The van der Waals surface area contributed by atoms with Crippen molar-refractivity contribution in [2.45, 2.75) is 19.2 Å². The summed E-state index contributed by atoms with van der Waals surface area (Å²) in [5, 5.41) is 2.46. The first-order valence-electron chi connectivity index (χ1n) is 5.26. The van der Waals surface area contributed by atoms with E-state index in [9.17, 15) is 18.0 Å². The van der Waals surface area contributed by atoms with Gasteiger partial charge in [-0.2, -0.15) is 0 Å². The van der Waals surface area contributed by atoms with Crippen LogP contribution in [0.15, 0.2) is 24.3 Å². The van der Waals surface area contributed by atoms with Gasteiger partial charge in [-0.1, -0.05) is 6.07 Å². The lowest BCUT2D eigenvalue weighted by atomic mass is 10.2. The zero-order valence-electron chi connectivity index (χ0n) is 9.46. The highest BCUT2D eigenvalue weighted by molar-refractivity contribution is 5.90. The van der Waals surface area contributed by atoms with Gasteiger partial charge in [-0.15, -0.1) is 13.2 Å². The number of carbonyl (C=O) groups excluding carboxylic acids is 1. The smallest absolute Gasteiger partial charge is 0.406 e. The highest BCUT2D eigenvalue weighted by Gasteiger charge is 2.31. The number of hydrogen-bond acceptors (Lipinski definition) is 3. The number of carbonyl (C=O) groups is 1. The molecular weight excluding hydrogens is 249 g/mol. The molecular formula is C11H13F3N2O2. The Kier molecular flexibility index (Phi) is 4.96. The predicted octanol–water partition coefficient (Wildman–Crippen LogP) is 2.26. The lowest BCUT2D eigenvalue weighted by molar-refractivity contribution is -0.274. The van der Waals surface area contributed by atoms with Gasteiger partial charge in [0.1, 0.15) is 5.75 Å². The van der Waals surface area contributed by atoms with Crippen LogP contribution >= 0.6 is 0 Å². The molecule has 0 aliphatic carbocycles. The summed E-state index contributed by atoms with van der Waals surface area (Å²) in [5.41, 5.74) is 5.49. The summed E-state index contributed by atoms with van der Waals surface area (Å²) in [7, 11) is 0. The molecule has 1 aromatic carbocycles. The first-order chi connectivity index (χ1) is 8.40.